The Morgan fingerprint density at radius 2 is 2.38 bits per heavy atom. The Morgan fingerprint density at radius 3 is 2.81 bits per heavy atom. The van der Waals surface area contributed by atoms with Crippen molar-refractivity contribution in [2.75, 3.05) is 0 Å². The van der Waals surface area contributed by atoms with Gasteiger partial charge in [-0.25, -0.2) is 0 Å². The molecule has 1 aromatic rings. The first-order chi connectivity index (χ1) is 7.49. The van der Waals surface area contributed by atoms with E-state index in [2.05, 4.69) is 5.32 Å². The van der Waals surface area contributed by atoms with Crippen LogP contribution in [0.4, 0.5) is 0 Å². The molecule has 0 saturated carbocycles. The van der Waals surface area contributed by atoms with Crippen LogP contribution >= 0.6 is 11.3 Å². The molecule has 0 spiro atoms. The number of carboxylic acid groups (broad SMARTS) is 1. The van der Waals surface area contributed by atoms with Crippen LogP contribution in [-0.4, -0.2) is 16.6 Å². The van der Waals surface area contributed by atoms with Crippen molar-refractivity contribution in [3.63, 3.8) is 0 Å². The number of carboxylic acids is 1. The lowest BCUT2D eigenvalue weighted by Crippen LogP contribution is -2.50. The number of hydrogen-bond donors (Lipinski definition) is 2. The number of rotatable bonds is 6. The van der Waals surface area contributed by atoms with Crippen molar-refractivity contribution in [1.29, 1.82) is 0 Å². The van der Waals surface area contributed by atoms with E-state index in [1.807, 2.05) is 31.4 Å². The molecule has 1 rings (SSSR count). The zero-order chi connectivity index (χ0) is 12.2. The quantitative estimate of drug-likeness (QED) is 0.804. The molecule has 0 radical (unpaired) electrons. The van der Waals surface area contributed by atoms with Crippen LogP contribution in [0.15, 0.2) is 17.5 Å². The minimum atomic E-state index is -0.835. The summed E-state index contributed by atoms with van der Waals surface area (Å²) in [5.41, 5.74) is -0.835. The fraction of sp³-hybridized carbons (Fsp3) is 0.583. The van der Waals surface area contributed by atoms with E-state index >= 15 is 0 Å². The van der Waals surface area contributed by atoms with Crippen LogP contribution in [0.3, 0.4) is 0 Å². The Labute approximate surface area is 100 Å². The van der Waals surface area contributed by atoms with Gasteiger partial charge in [0.15, 0.2) is 0 Å². The lowest BCUT2D eigenvalue weighted by Gasteiger charge is -2.29. The Kier molecular flexibility index (Phi) is 4.50. The number of thiophene rings is 1. The highest BCUT2D eigenvalue weighted by molar-refractivity contribution is 7.10. The molecule has 0 saturated heterocycles. The zero-order valence-electron chi connectivity index (χ0n) is 9.99. The van der Waals surface area contributed by atoms with Gasteiger partial charge in [0, 0.05) is 10.9 Å². The van der Waals surface area contributed by atoms with Crippen LogP contribution in [0.5, 0.6) is 0 Å². The maximum absolute atomic E-state index is 11.3. The molecule has 0 aliphatic carbocycles. The van der Waals surface area contributed by atoms with E-state index in [0.29, 0.717) is 6.42 Å². The van der Waals surface area contributed by atoms with Crippen molar-refractivity contribution < 1.29 is 9.90 Å². The Hall–Kier alpha value is -0.870. The average molecular weight is 241 g/mol. The highest BCUT2D eigenvalue weighted by atomic mass is 32.1. The highest BCUT2D eigenvalue weighted by Crippen LogP contribution is 2.23. The van der Waals surface area contributed by atoms with E-state index in [0.717, 1.165) is 6.42 Å². The molecule has 4 heteroatoms. The molecule has 0 bridgehead atoms. The lowest BCUT2D eigenvalue weighted by molar-refractivity contribution is -0.144. The molecule has 3 nitrogen and oxygen atoms in total. The van der Waals surface area contributed by atoms with E-state index in [1.54, 1.807) is 18.3 Å². The molecule has 16 heavy (non-hydrogen) atoms. The summed E-state index contributed by atoms with van der Waals surface area (Å²) in [4.78, 5) is 12.4. The molecular formula is C12H19NO2S. The molecule has 0 aromatic carbocycles. The molecular weight excluding hydrogens is 222 g/mol. The third-order valence-electron chi connectivity index (χ3n) is 2.73. The second-order valence-electron chi connectivity index (χ2n) is 4.27. The van der Waals surface area contributed by atoms with Crippen molar-refractivity contribution in [2.45, 2.75) is 45.2 Å². The highest BCUT2D eigenvalue weighted by Gasteiger charge is 2.33. The van der Waals surface area contributed by atoms with Crippen LogP contribution in [0.1, 0.15) is 44.5 Å². The second-order valence-corrected chi connectivity index (χ2v) is 5.25. The van der Waals surface area contributed by atoms with Crippen molar-refractivity contribution in [3.05, 3.63) is 22.4 Å². The van der Waals surface area contributed by atoms with Gasteiger partial charge in [-0.1, -0.05) is 19.4 Å². The molecule has 90 valence electrons. The molecule has 0 fully saturated rings. The zero-order valence-corrected chi connectivity index (χ0v) is 10.8. The molecule has 0 aliphatic rings. The third kappa shape index (κ3) is 3.06. The Bertz CT molecular complexity index is 337. The number of carbonyl (C=O) groups is 1. The van der Waals surface area contributed by atoms with Gasteiger partial charge in [-0.3, -0.25) is 10.1 Å². The fourth-order valence-electron chi connectivity index (χ4n) is 1.83. The van der Waals surface area contributed by atoms with Gasteiger partial charge in [0.1, 0.15) is 5.54 Å². The number of hydrogen-bond acceptors (Lipinski definition) is 3. The van der Waals surface area contributed by atoms with Crippen LogP contribution < -0.4 is 5.32 Å². The minimum absolute atomic E-state index is 0.0765. The summed E-state index contributed by atoms with van der Waals surface area (Å²) in [6.45, 7) is 5.75. The lowest BCUT2D eigenvalue weighted by atomic mass is 9.95. The first-order valence-corrected chi connectivity index (χ1v) is 6.42. The Morgan fingerprint density at radius 1 is 1.69 bits per heavy atom. The van der Waals surface area contributed by atoms with Gasteiger partial charge in [-0.05, 0) is 31.7 Å². The van der Waals surface area contributed by atoms with Crippen molar-refractivity contribution in [1.82, 2.24) is 5.32 Å². The monoisotopic (exact) mass is 241 g/mol. The molecule has 1 heterocycles. The van der Waals surface area contributed by atoms with Gasteiger partial charge in [0.25, 0.3) is 0 Å². The molecule has 0 aliphatic heterocycles. The second kappa shape index (κ2) is 5.46. The number of nitrogens with one attached hydrogen (secondary N) is 1. The van der Waals surface area contributed by atoms with Gasteiger partial charge < -0.3 is 5.11 Å². The molecule has 2 unspecified atom stereocenters. The van der Waals surface area contributed by atoms with Gasteiger partial charge >= 0.3 is 5.97 Å². The summed E-state index contributed by atoms with van der Waals surface area (Å²) in [6, 6.07) is 4.08. The van der Waals surface area contributed by atoms with E-state index in [9.17, 15) is 9.90 Å². The van der Waals surface area contributed by atoms with Gasteiger partial charge in [-0.15, -0.1) is 11.3 Å². The Balaban J connectivity index is 2.72. The summed E-state index contributed by atoms with van der Waals surface area (Å²) in [7, 11) is 0. The van der Waals surface area contributed by atoms with E-state index < -0.39 is 11.5 Å². The predicted octanol–water partition coefficient (Wildman–Crippen LogP) is 3.04. The topological polar surface area (TPSA) is 49.3 Å². The maximum Gasteiger partial charge on any atom is 0.323 e. The van der Waals surface area contributed by atoms with E-state index in [4.69, 9.17) is 0 Å². The third-order valence-corrected chi connectivity index (χ3v) is 3.78. The molecule has 2 N–H and O–H groups in total. The summed E-state index contributed by atoms with van der Waals surface area (Å²) < 4.78 is 0. The minimum Gasteiger partial charge on any atom is -0.480 e. The van der Waals surface area contributed by atoms with Crippen molar-refractivity contribution in [3.8, 4) is 0 Å². The van der Waals surface area contributed by atoms with E-state index in [-0.39, 0.29) is 6.04 Å². The molecule has 1 aromatic heterocycles. The van der Waals surface area contributed by atoms with Gasteiger partial charge in [-0.2, -0.15) is 0 Å². The van der Waals surface area contributed by atoms with Crippen molar-refractivity contribution in [2.24, 2.45) is 0 Å². The van der Waals surface area contributed by atoms with Crippen LogP contribution in [-0.2, 0) is 4.79 Å². The van der Waals surface area contributed by atoms with Crippen LogP contribution in [0.2, 0.25) is 0 Å². The fourth-order valence-corrected chi connectivity index (χ4v) is 2.56. The van der Waals surface area contributed by atoms with E-state index in [1.165, 1.54) is 4.88 Å². The molecule has 2 atom stereocenters. The van der Waals surface area contributed by atoms with Crippen LogP contribution in [0.25, 0.3) is 0 Å². The average Bonchev–Trinajstić information content (AvgIpc) is 2.70. The number of aliphatic carboxylic acids is 1. The summed E-state index contributed by atoms with van der Waals surface area (Å²) in [6.07, 6.45) is 1.49. The normalized spacial score (nSPS) is 16.7. The summed E-state index contributed by atoms with van der Waals surface area (Å²) in [5, 5.41) is 14.5. The predicted molar refractivity (Wildman–Crippen MR) is 66.8 cm³/mol. The summed E-state index contributed by atoms with van der Waals surface area (Å²) in [5.74, 6) is -0.780. The van der Waals surface area contributed by atoms with Gasteiger partial charge in [0.05, 0.1) is 0 Å². The smallest absolute Gasteiger partial charge is 0.323 e. The molecule has 0 amide bonds. The van der Waals surface area contributed by atoms with Gasteiger partial charge in [0.2, 0.25) is 0 Å². The standard InChI is InChI=1S/C12H19NO2S/c1-4-7-12(3,11(14)15)13-9(2)10-6-5-8-16-10/h5-6,8-9,13H,4,7H2,1-3H3,(H,14,15). The SMILES string of the molecule is CCCC(C)(NC(C)c1cccs1)C(=O)O. The maximum atomic E-state index is 11.3. The largest absolute Gasteiger partial charge is 0.480 e. The van der Waals surface area contributed by atoms with Crippen molar-refractivity contribution >= 4 is 17.3 Å². The summed E-state index contributed by atoms with van der Waals surface area (Å²) >= 11 is 1.65. The first kappa shape index (κ1) is 13.2. The van der Waals surface area contributed by atoms with Crippen LogP contribution in [0, 0.1) is 0 Å². The first-order valence-electron chi connectivity index (χ1n) is 5.54.